The van der Waals surface area contributed by atoms with Gasteiger partial charge in [0.2, 0.25) is 0 Å². The molecule has 0 aromatic rings. The molecule has 0 aromatic heterocycles. The minimum Gasteiger partial charge on any atom is -0.478 e. The van der Waals surface area contributed by atoms with Crippen LogP contribution >= 0.6 is 40.5 Å². The van der Waals surface area contributed by atoms with Crippen LogP contribution in [0.1, 0.15) is 0 Å². The highest BCUT2D eigenvalue weighted by Crippen LogP contribution is 1.55. The minimum absolute atomic E-state index is 0. The largest absolute Gasteiger partial charge is 0.478 e. The second-order valence-corrected chi connectivity index (χ2v) is 1.63. The SMILES string of the molecule is C=CC(=O)O.C=CC(=O)O.C=CC(=O)O.S.S.S. The zero-order chi connectivity index (χ0) is 12.9. The van der Waals surface area contributed by atoms with Crippen LogP contribution in [0.5, 0.6) is 0 Å². The number of hydrogen-bond donors (Lipinski definition) is 3. The summed E-state index contributed by atoms with van der Waals surface area (Å²) in [6.45, 7) is 8.88. The van der Waals surface area contributed by atoms with Crippen LogP contribution in [0.3, 0.4) is 0 Å². The summed E-state index contributed by atoms with van der Waals surface area (Å²) in [6, 6.07) is 0. The van der Waals surface area contributed by atoms with Crippen molar-refractivity contribution in [2.24, 2.45) is 0 Å². The molecule has 0 spiro atoms. The Balaban J connectivity index is -0.0000000277. The van der Waals surface area contributed by atoms with E-state index in [4.69, 9.17) is 15.3 Å². The Bertz CT molecular complexity index is 222. The lowest BCUT2D eigenvalue weighted by Crippen LogP contribution is -1.82. The molecule has 18 heavy (non-hydrogen) atoms. The van der Waals surface area contributed by atoms with Crippen molar-refractivity contribution in [2.45, 2.75) is 0 Å². The molecule has 0 unspecified atom stereocenters. The maximum absolute atomic E-state index is 9.25. The normalized spacial score (nSPS) is 5.33. The number of rotatable bonds is 3. The van der Waals surface area contributed by atoms with E-state index < -0.39 is 17.9 Å². The smallest absolute Gasteiger partial charge is 0.327 e. The first kappa shape index (κ1) is 36.0. The van der Waals surface area contributed by atoms with E-state index in [9.17, 15) is 14.4 Å². The number of carboxylic acids is 3. The molecular weight excluding hydrogens is 300 g/mol. The lowest BCUT2D eigenvalue weighted by atomic mass is 10.7. The molecule has 0 aliphatic carbocycles. The number of carboxylic acid groups (broad SMARTS) is 3. The summed E-state index contributed by atoms with van der Waals surface area (Å²) in [7, 11) is 0. The summed E-state index contributed by atoms with van der Waals surface area (Å²) >= 11 is 0. The maximum Gasteiger partial charge on any atom is 0.327 e. The molecule has 3 N–H and O–H groups in total. The van der Waals surface area contributed by atoms with Gasteiger partial charge in [-0.3, -0.25) is 0 Å². The van der Waals surface area contributed by atoms with Crippen molar-refractivity contribution < 1.29 is 29.7 Å². The molecule has 0 fully saturated rings. The molecule has 0 saturated heterocycles. The van der Waals surface area contributed by atoms with Crippen molar-refractivity contribution in [3.63, 3.8) is 0 Å². The molecule has 0 aliphatic heterocycles. The second-order valence-electron chi connectivity index (χ2n) is 1.63. The lowest BCUT2D eigenvalue weighted by molar-refractivity contribution is -0.132. The highest BCUT2D eigenvalue weighted by Gasteiger charge is 1.74. The Hall–Kier alpha value is -1.32. The van der Waals surface area contributed by atoms with Crippen LogP contribution in [0.4, 0.5) is 0 Å². The van der Waals surface area contributed by atoms with Gasteiger partial charge in [-0.25, -0.2) is 14.4 Å². The summed E-state index contributed by atoms with van der Waals surface area (Å²) in [5.41, 5.74) is 0. The minimum atomic E-state index is -0.981. The maximum atomic E-state index is 9.25. The van der Waals surface area contributed by atoms with Gasteiger partial charge in [0.25, 0.3) is 0 Å². The Morgan fingerprint density at radius 3 is 0.667 bits per heavy atom. The molecule has 0 saturated carbocycles. The van der Waals surface area contributed by atoms with E-state index in [1.54, 1.807) is 0 Å². The first-order chi connectivity index (χ1) is 6.81. The lowest BCUT2D eigenvalue weighted by Gasteiger charge is -1.64. The van der Waals surface area contributed by atoms with Gasteiger partial charge in [0.05, 0.1) is 0 Å². The third-order valence-corrected chi connectivity index (χ3v) is 0.524. The molecule has 0 bridgehead atoms. The van der Waals surface area contributed by atoms with Crippen molar-refractivity contribution in [3.8, 4) is 0 Å². The second kappa shape index (κ2) is 29.6. The van der Waals surface area contributed by atoms with E-state index >= 15 is 0 Å². The number of hydrogen-bond acceptors (Lipinski definition) is 3. The zero-order valence-corrected chi connectivity index (χ0v) is 12.4. The van der Waals surface area contributed by atoms with Crippen molar-refractivity contribution in [3.05, 3.63) is 38.0 Å². The van der Waals surface area contributed by atoms with Crippen molar-refractivity contribution in [2.75, 3.05) is 0 Å². The molecule has 9 heteroatoms. The Morgan fingerprint density at radius 2 is 0.667 bits per heavy atom. The molecule has 0 aromatic carbocycles. The Morgan fingerprint density at radius 1 is 0.611 bits per heavy atom. The average Bonchev–Trinajstić information content (AvgIpc) is 2.19. The molecule has 6 nitrogen and oxygen atoms in total. The molecule has 0 heterocycles. The van der Waals surface area contributed by atoms with E-state index in [1.807, 2.05) is 0 Å². The van der Waals surface area contributed by atoms with E-state index in [0.717, 1.165) is 18.2 Å². The van der Waals surface area contributed by atoms with Crippen LogP contribution < -0.4 is 0 Å². The fourth-order valence-corrected chi connectivity index (χ4v) is 0. The molecule has 0 aliphatic rings. The van der Waals surface area contributed by atoms with Crippen molar-refractivity contribution in [1.82, 2.24) is 0 Å². The van der Waals surface area contributed by atoms with Gasteiger partial charge in [-0.1, -0.05) is 19.7 Å². The number of aliphatic carboxylic acids is 3. The van der Waals surface area contributed by atoms with Gasteiger partial charge in [0, 0.05) is 18.2 Å². The molecular formula is C9H18O6S3. The van der Waals surface area contributed by atoms with Gasteiger partial charge < -0.3 is 15.3 Å². The van der Waals surface area contributed by atoms with E-state index in [-0.39, 0.29) is 40.5 Å². The molecule has 0 atom stereocenters. The summed E-state index contributed by atoms with van der Waals surface area (Å²) in [5, 5.41) is 22.8. The van der Waals surface area contributed by atoms with Gasteiger partial charge in [0.1, 0.15) is 0 Å². The molecule has 108 valence electrons. The summed E-state index contributed by atoms with van der Waals surface area (Å²) in [4.78, 5) is 27.8. The first-order valence-corrected chi connectivity index (χ1v) is 3.37. The fourth-order valence-electron chi connectivity index (χ4n) is 0. The predicted molar refractivity (Wildman–Crippen MR) is 84.6 cm³/mol. The third-order valence-electron chi connectivity index (χ3n) is 0.524. The van der Waals surface area contributed by atoms with Gasteiger partial charge in [-0.2, -0.15) is 40.5 Å². The Kier molecular flexibility index (Phi) is 59.2. The monoisotopic (exact) mass is 318 g/mol. The van der Waals surface area contributed by atoms with Crippen LogP contribution in [0, 0.1) is 0 Å². The van der Waals surface area contributed by atoms with Crippen LogP contribution in [0.15, 0.2) is 38.0 Å². The molecule has 0 amide bonds. The van der Waals surface area contributed by atoms with Crippen LogP contribution in [0.25, 0.3) is 0 Å². The third kappa shape index (κ3) is 125. The highest BCUT2D eigenvalue weighted by atomic mass is 32.1. The van der Waals surface area contributed by atoms with E-state index in [2.05, 4.69) is 19.7 Å². The first-order valence-electron chi connectivity index (χ1n) is 3.37. The van der Waals surface area contributed by atoms with Gasteiger partial charge in [-0.05, 0) is 0 Å². The predicted octanol–water partition coefficient (Wildman–Crippen LogP) is 1.11. The zero-order valence-electron chi connectivity index (χ0n) is 9.42. The van der Waals surface area contributed by atoms with Crippen LogP contribution in [-0.4, -0.2) is 33.2 Å². The number of carbonyl (C=O) groups is 3. The van der Waals surface area contributed by atoms with E-state index in [1.165, 1.54) is 0 Å². The van der Waals surface area contributed by atoms with Gasteiger partial charge >= 0.3 is 17.9 Å². The van der Waals surface area contributed by atoms with Crippen LogP contribution in [0.2, 0.25) is 0 Å². The highest BCUT2D eigenvalue weighted by molar-refractivity contribution is 7.59. The Labute approximate surface area is 126 Å². The summed E-state index contributed by atoms with van der Waals surface area (Å²) in [6.07, 6.45) is 2.50. The van der Waals surface area contributed by atoms with Crippen LogP contribution in [-0.2, 0) is 14.4 Å². The van der Waals surface area contributed by atoms with Gasteiger partial charge in [-0.15, -0.1) is 0 Å². The average molecular weight is 318 g/mol. The molecule has 0 rings (SSSR count). The molecule has 0 radical (unpaired) electrons. The van der Waals surface area contributed by atoms with E-state index in [0.29, 0.717) is 0 Å². The van der Waals surface area contributed by atoms with Crippen molar-refractivity contribution >= 4 is 58.4 Å². The van der Waals surface area contributed by atoms with Gasteiger partial charge in [0.15, 0.2) is 0 Å². The standard InChI is InChI=1S/3C3H4O2.3H2S/c3*1-2-3(4)5;;;/h3*2H,1H2,(H,4,5);3*1H2. The fraction of sp³-hybridized carbons (Fsp3) is 0. The summed E-state index contributed by atoms with van der Waals surface area (Å²) < 4.78 is 0. The summed E-state index contributed by atoms with van der Waals surface area (Å²) in [5.74, 6) is -2.94. The van der Waals surface area contributed by atoms with Crippen molar-refractivity contribution in [1.29, 1.82) is 0 Å². The topological polar surface area (TPSA) is 112 Å². The quantitative estimate of drug-likeness (QED) is 0.672.